The highest BCUT2D eigenvalue weighted by molar-refractivity contribution is 6.30. The van der Waals surface area contributed by atoms with Gasteiger partial charge in [-0.15, -0.1) is 0 Å². The first kappa shape index (κ1) is 16.3. The standard InChI is InChI=1S/C19H28ClNO/c20-18-10-7-9-16(14-18)19(22)11-4-3-8-17(19)15-21-12-5-1-2-6-13-21/h7,9-10,14,17,22H,1-6,8,11-13,15H2. The molecule has 0 bridgehead atoms. The Bertz CT molecular complexity index is 484. The summed E-state index contributed by atoms with van der Waals surface area (Å²) in [4.78, 5) is 2.58. The van der Waals surface area contributed by atoms with Crippen LogP contribution in [0.4, 0.5) is 0 Å². The monoisotopic (exact) mass is 321 g/mol. The highest BCUT2D eigenvalue weighted by Gasteiger charge is 2.41. The molecule has 1 aliphatic heterocycles. The van der Waals surface area contributed by atoms with Gasteiger partial charge in [0.25, 0.3) is 0 Å². The predicted molar refractivity (Wildman–Crippen MR) is 92.2 cm³/mol. The second kappa shape index (κ2) is 7.33. The summed E-state index contributed by atoms with van der Waals surface area (Å²) in [7, 11) is 0. The lowest BCUT2D eigenvalue weighted by molar-refractivity contribution is -0.0654. The van der Waals surface area contributed by atoms with Crippen molar-refractivity contribution >= 4 is 11.6 Å². The van der Waals surface area contributed by atoms with E-state index in [1.54, 1.807) is 0 Å². The van der Waals surface area contributed by atoms with Gasteiger partial charge in [-0.1, -0.05) is 49.4 Å². The van der Waals surface area contributed by atoms with Crippen LogP contribution in [0.2, 0.25) is 5.02 Å². The van der Waals surface area contributed by atoms with Crippen molar-refractivity contribution < 1.29 is 5.11 Å². The molecule has 2 aliphatic rings. The summed E-state index contributed by atoms with van der Waals surface area (Å²) < 4.78 is 0. The number of halogens is 1. The molecular formula is C19H28ClNO. The van der Waals surface area contributed by atoms with Crippen LogP contribution in [0.3, 0.4) is 0 Å². The fraction of sp³-hybridized carbons (Fsp3) is 0.684. The van der Waals surface area contributed by atoms with Gasteiger partial charge in [0.15, 0.2) is 0 Å². The van der Waals surface area contributed by atoms with E-state index in [0.29, 0.717) is 5.92 Å². The zero-order valence-electron chi connectivity index (χ0n) is 13.4. The molecule has 1 heterocycles. The minimum atomic E-state index is -0.699. The van der Waals surface area contributed by atoms with Crippen LogP contribution in [0.5, 0.6) is 0 Å². The van der Waals surface area contributed by atoms with E-state index in [2.05, 4.69) is 4.90 Å². The van der Waals surface area contributed by atoms with Gasteiger partial charge >= 0.3 is 0 Å². The molecule has 1 aromatic rings. The van der Waals surface area contributed by atoms with E-state index in [-0.39, 0.29) is 0 Å². The van der Waals surface area contributed by atoms with Crippen molar-refractivity contribution in [3.63, 3.8) is 0 Å². The largest absolute Gasteiger partial charge is 0.385 e. The van der Waals surface area contributed by atoms with Gasteiger partial charge in [-0.2, -0.15) is 0 Å². The zero-order valence-corrected chi connectivity index (χ0v) is 14.2. The average molecular weight is 322 g/mol. The van der Waals surface area contributed by atoms with E-state index >= 15 is 0 Å². The summed E-state index contributed by atoms with van der Waals surface area (Å²) in [5.74, 6) is 0.331. The second-order valence-electron chi connectivity index (χ2n) is 7.09. The third kappa shape index (κ3) is 3.67. The first-order valence-corrected chi connectivity index (χ1v) is 9.27. The first-order valence-electron chi connectivity index (χ1n) is 8.89. The number of hydrogen-bond donors (Lipinski definition) is 1. The molecule has 3 rings (SSSR count). The molecule has 2 unspecified atom stereocenters. The molecule has 0 aromatic heterocycles. The molecule has 0 radical (unpaired) electrons. The van der Waals surface area contributed by atoms with Gasteiger partial charge in [-0.25, -0.2) is 0 Å². The average Bonchev–Trinajstić information content (AvgIpc) is 2.78. The molecule has 0 spiro atoms. The highest BCUT2D eigenvalue weighted by Crippen LogP contribution is 2.42. The van der Waals surface area contributed by atoms with E-state index in [4.69, 9.17) is 11.6 Å². The van der Waals surface area contributed by atoms with Gasteiger partial charge < -0.3 is 10.0 Å². The topological polar surface area (TPSA) is 23.5 Å². The number of hydrogen-bond acceptors (Lipinski definition) is 2. The summed E-state index contributed by atoms with van der Waals surface area (Å²) in [5, 5.41) is 12.2. The Morgan fingerprint density at radius 2 is 1.86 bits per heavy atom. The van der Waals surface area contributed by atoms with Crippen LogP contribution < -0.4 is 0 Å². The van der Waals surface area contributed by atoms with Crippen LogP contribution in [0.25, 0.3) is 0 Å². The second-order valence-corrected chi connectivity index (χ2v) is 7.53. The van der Waals surface area contributed by atoms with E-state index in [1.165, 1.54) is 45.2 Å². The summed E-state index contributed by atoms with van der Waals surface area (Å²) in [6.07, 6.45) is 9.68. The van der Waals surface area contributed by atoms with Crippen LogP contribution in [-0.2, 0) is 5.60 Å². The van der Waals surface area contributed by atoms with Crippen LogP contribution in [-0.4, -0.2) is 29.6 Å². The molecule has 3 heteroatoms. The molecule has 0 amide bonds. The van der Waals surface area contributed by atoms with Crippen LogP contribution in [0, 0.1) is 5.92 Å². The van der Waals surface area contributed by atoms with Crippen molar-refractivity contribution in [1.82, 2.24) is 4.90 Å². The zero-order chi connectivity index (χ0) is 15.4. The number of nitrogens with zero attached hydrogens (tertiary/aromatic N) is 1. The van der Waals surface area contributed by atoms with Crippen molar-refractivity contribution in [3.05, 3.63) is 34.9 Å². The number of likely N-dealkylation sites (tertiary alicyclic amines) is 1. The fourth-order valence-electron chi connectivity index (χ4n) is 4.24. The maximum Gasteiger partial charge on any atom is 0.0937 e. The predicted octanol–water partition coefficient (Wildman–Crippen LogP) is 4.59. The lowest BCUT2D eigenvalue weighted by Gasteiger charge is -2.42. The molecule has 2 nitrogen and oxygen atoms in total. The summed E-state index contributed by atoms with van der Waals surface area (Å²) >= 11 is 6.17. The van der Waals surface area contributed by atoms with Crippen LogP contribution >= 0.6 is 11.6 Å². The summed E-state index contributed by atoms with van der Waals surface area (Å²) in [6.45, 7) is 3.42. The van der Waals surface area contributed by atoms with E-state index < -0.39 is 5.60 Å². The SMILES string of the molecule is OC1(c2cccc(Cl)c2)CCCCC1CN1CCCCCC1. The van der Waals surface area contributed by atoms with Crippen molar-refractivity contribution in [2.45, 2.75) is 57.0 Å². The Hall–Kier alpha value is -0.570. The minimum absolute atomic E-state index is 0.331. The first-order chi connectivity index (χ1) is 10.7. The quantitative estimate of drug-likeness (QED) is 0.880. The molecular weight excluding hydrogens is 294 g/mol. The van der Waals surface area contributed by atoms with Gasteiger partial charge in [0.05, 0.1) is 5.60 Å². The Morgan fingerprint density at radius 1 is 1.09 bits per heavy atom. The van der Waals surface area contributed by atoms with Gasteiger partial charge in [0, 0.05) is 17.5 Å². The highest BCUT2D eigenvalue weighted by atomic mass is 35.5. The number of rotatable bonds is 3. The number of benzene rings is 1. The molecule has 1 aromatic carbocycles. The van der Waals surface area contributed by atoms with E-state index in [1.807, 2.05) is 24.3 Å². The van der Waals surface area contributed by atoms with Crippen molar-refractivity contribution in [2.75, 3.05) is 19.6 Å². The third-order valence-corrected chi connectivity index (χ3v) is 5.77. The smallest absolute Gasteiger partial charge is 0.0937 e. The minimum Gasteiger partial charge on any atom is -0.385 e. The van der Waals surface area contributed by atoms with Crippen molar-refractivity contribution in [3.8, 4) is 0 Å². The third-order valence-electron chi connectivity index (χ3n) is 5.54. The molecule has 22 heavy (non-hydrogen) atoms. The molecule has 122 valence electrons. The summed E-state index contributed by atoms with van der Waals surface area (Å²) in [6, 6.07) is 7.86. The lowest BCUT2D eigenvalue weighted by Crippen LogP contribution is -2.44. The van der Waals surface area contributed by atoms with Gasteiger partial charge in [0.1, 0.15) is 0 Å². The van der Waals surface area contributed by atoms with Crippen molar-refractivity contribution in [2.24, 2.45) is 5.92 Å². The van der Waals surface area contributed by atoms with Crippen LogP contribution in [0.15, 0.2) is 24.3 Å². The molecule has 1 saturated heterocycles. The molecule has 2 atom stereocenters. The molecule has 1 saturated carbocycles. The van der Waals surface area contributed by atoms with Gasteiger partial charge in [-0.05, 0) is 56.5 Å². The molecule has 1 aliphatic carbocycles. The maximum absolute atomic E-state index is 11.4. The normalized spacial score (nSPS) is 30.9. The van der Waals surface area contributed by atoms with E-state index in [0.717, 1.165) is 36.4 Å². The Balaban J connectivity index is 1.77. The fourth-order valence-corrected chi connectivity index (χ4v) is 4.43. The van der Waals surface area contributed by atoms with Crippen molar-refractivity contribution in [1.29, 1.82) is 0 Å². The lowest BCUT2D eigenvalue weighted by atomic mass is 9.71. The number of aliphatic hydroxyl groups is 1. The van der Waals surface area contributed by atoms with E-state index in [9.17, 15) is 5.11 Å². The Morgan fingerprint density at radius 3 is 2.59 bits per heavy atom. The van der Waals surface area contributed by atoms with Gasteiger partial charge in [-0.3, -0.25) is 0 Å². The molecule has 1 N–H and O–H groups in total. The maximum atomic E-state index is 11.4. The summed E-state index contributed by atoms with van der Waals surface area (Å²) in [5.41, 5.74) is 0.314. The Kier molecular flexibility index (Phi) is 5.43. The molecule has 2 fully saturated rings. The van der Waals surface area contributed by atoms with Crippen LogP contribution in [0.1, 0.15) is 56.9 Å². The van der Waals surface area contributed by atoms with Gasteiger partial charge in [0.2, 0.25) is 0 Å². The Labute approximate surface area is 139 Å².